The lowest BCUT2D eigenvalue weighted by atomic mass is 9.98. The van der Waals surface area contributed by atoms with E-state index in [1.807, 2.05) is 13.0 Å². The number of aromatic nitrogens is 2. The second-order valence-electron chi connectivity index (χ2n) is 4.28. The molecule has 1 aromatic heterocycles. The molecule has 0 saturated heterocycles. The molecule has 2 rings (SSSR count). The number of nitrogens with zero attached hydrogens (tertiary/aromatic N) is 2. The molecule has 1 aliphatic rings. The number of nitrogens with one attached hydrogen (secondary N) is 1. The Morgan fingerprint density at radius 1 is 1.38 bits per heavy atom. The molecule has 2 N–H and O–H groups in total. The van der Waals surface area contributed by atoms with E-state index in [0.717, 1.165) is 18.5 Å². The van der Waals surface area contributed by atoms with Crippen LogP contribution in [0.4, 0.5) is 5.82 Å². The molecule has 86 valence electrons. The Morgan fingerprint density at radius 3 is 2.56 bits per heavy atom. The van der Waals surface area contributed by atoms with E-state index < -0.39 is 11.5 Å². The molecule has 0 atom stereocenters. The van der Waals surface area contributed by atoms with Crippen molar-refractivity contribution >= 4 is 11.8 Å². The minimum atomic E-state index is -0.843. The molecular weight excluding hydrogens is 206 g/mol. The van der Waals surface area contributed by atoms with Crippen LogP contribution in [0, 0.1) is 6.92 Å². The summed E-state index contributed by atoms with van der Waals surface area (Å²) in [5, 5.41) is 20.1. The van der Waals surface area contributed by atoms with Gasteiger partial charge in [-0.25, -0.2) is 4.79 Å². The Labute approximate surface area is 93.9 Å². The van der Waals surface area contributed by atoms with Crippen LogP contribution in [-0.2, 0) is 4.79 Å². The average molecular weight is 221 g/mol. The number of carbonyl (C=O) groups is 1. The maximum absolute atomic E-state index is 11.3. The third-order valence-electron chi connectivity index (χ3n) is 3.03. The van der Waals surface area contributed by atoms with Gasteiger partial charge in [-0.2, -0.15) is 5.10 Å². The number of hydrogen-bond acceptors (Lipinski definition) is 4. The molecule has 5 nitrogen and oxygen atoms in total. The van der Waals surface area contributed by atoms with Crippen molar-refractivity contribution in [2.75, 3.05) is 5.32 Å². The number of aryl methyl sites for hydroxylation is 1. The molecule has 5 heteroatoms. The van der Waals surface area contributed by atoms with Crippen molar-refractivity contribution in [3.05, 3.63) is 17.8 Å². The molecule has 0 aromatic carbocycles. The van der Waals surface area contributed by atoms with Gasteiger partial charge in [-0.3, -0.25) is 0 Å². The zero-order valence-electron chi connectivity index (χ0n) is 9.23. The van der Waals surface area contributed by atoms with Crippen LogP contribution in [0.5, 0.6) is 0 Å². The highest BCUT2D eigenvalue weighted by Crippen LogP contribution is 2.32. The van der Waals surface area contributed by atoms with E-state index in [2.05, 4.69) is 15.5 Å². The highest BCUT2D eigenvalue weighted by molar-refractivity contribution is 5.82. The van der Waals surface area contributed by atoms with E-state index in [1.165, 1.54) is 0 Å². The second-order valence-corrected chi connectivity index (χ2v) is 4.28. The summed E-state index contributed by atoms with van der Waals surface area (Å²) in [6.45, 7) is 1.85. The first-order chi connectivity index (χ1) is 7.62. The summed E-state index contributed by atoms with van der Waals surface area (Å²) in [6, 6.07) is 3.59. The predicted molar refractivity (Wildman–Crippen MR) is 59.2 cm³/mol. The Bertz CT molecular complexity index is 383. The number of aliphatic carboxylic acids is 1. The molecule has 1 heterocycles. The first-order valence-corrected chi connectivity index (χ1v) is 5.44. The smallest absolute Gasteiger partial charge is 0.329 e. The summed E-state index contributed by atoms with van der Waals surface area (Å²) >= 11 is 0. The lowest BCUT2D eigenvalue weighted by Gasteiger charge is -2.25. The van der Waals surface area contributed by atoms with E-state index >= 15 is 0 Å². The van der Waals surface area contributed by atoms with Crippen LogP contribution in [0.2, 0.25) is 0 Å². The van der Waals surface area contributed by atoms with Gasteiger partial charge in [0, 0.05) is 0 Å². The van der Waals surface area contributed by atoms with E-state index in [-0.39, 0.29) is 0 Å². The van der Waals surface area contributed by atoms with Gasteiger partial charge in [0.05, 0.1) is 5.69 Å². The lowest BCUT2D eigenvalue weighted by molar-refractivity contribution is -0.142. The Morgan fingerprint density at radius 2 is 2.06 bits per heavy atom. The molecule has 16 heavy (non-hydrogen) atoms. The average Bonchev–Trinajstić information content (AvgIpc) is 2.71. The normalized spacial score (nSPS) is 18.3. The molecular formula is C11H15N3O2. The van der Waals surface area contributed by atoms with E-state index in [0.29, 0.717) is 18.7 Å². The van der Waals surface area contributed by atoms with Crippen LogP contribution in [0.1, 0.15) is 31.4 Å². The number of hydrogen-bond donors (Lipinski definition) is 2. The van der Waals surface area contributed by atoms with Gasteiger partial charge in [-0.05, 0) is 31.9 Å². The maximum Gasteiger partial charge on any atom is 0.329 e. The van der Waals surface area contributed by atoms with E-state index in [4.69, 9.17) is 0 Å². The molecule has 0 aliphatic heterocycles. The highest BCUT2D eigenvalue weighted by atomic mass is 16.4. The van der Waals surface area contributed by atoms with Gasteiger partial charge in [-0.15, -0.1) is 5.10 Å². The van der Waals surface area contributed by atoms with Crippen LogP contribution in [0.15, 0.2) is 12.1 Å². The van der Waals surface area contributed by atoms with Crippen LogP contribution in [0.25, 0.3) is 0 Å². The molecule has 0 spiro atoms. The monoisotopic (exact) mass is 221 g/mol. The van der Waals surface area contributed by atoms with Crippen molar-refractivity contribution in [1.29, 1.82) is 0 Å². The zero-order chi connectivity index (χ0) is 11.6. The van der Waals surface area contributed by atoms with Gasteiger partial charge in [0.15, 0.2) is 0 Å². The first kappa shape index (κ1) is 10.9. The number of carboxylic acids is 1. The topological polar surface area (TPSA) is 75.1 Å². The third-order valence-corrected chi connectivity index (χ3v) is 3.03. The molecule has 1 saturated carbocycles. The predicted octanol–water partition coefficient (Wildman–Crippen LogP) is 1.59. The van der Waals surface area contributed by atoms with Crippen LogP contribution in [0.3, 0.4) is 0 Å². The quantitative estimate of drug-likeness (QED) is 0.810. The van der Waals surface area contributed by atoms with E-state index in [1.54, 1.807) is 6.07 Å². The van der Waals surface area contributed by atoms with Gasteiger partial charge in [0.1, 0.15) is 11.4 Å². The van der Waals surface area contributed by atoms with Crippen LogP contribution in [-0.4, -0.2) is 26.8 Å². The third kappa shape index (κ3) is 1.98. The van der Waals surface area contributed by atoms with Crippen LogP contribution < -0.4 is 5.32 Å². The molecule has 1 aromatic rings. The van der Waals surface area contributed by atoms with E-state index in [9.17, 15) is 9.90 Å². The van der Waals surface area contributed by atoms with Gasteiger partial charge >= 0.3 is 5.97 Å². The van der Waals surface area contributed by atoms with Gasteiger partial charge in [0.2, 0.25) is 0 Å². The number of carboxylic acid groups (broad SMARTS) is 1. The molecule has 0 radical (unpaired) electrons. The Kier molecular flexibility index (Phi) is 2.77. The lowest BCUT2D eigenvalue weighted by Crippen LogP contribution is -2.43. The summed E-state index contributed by atoms with van der Waals surface area (Å²) in [4.78, 5) is 11.3. The summed E-state index contributed by atoms with van der Waals surface area (Å²) < 4.78 is 0. The number of anilines is 1. The molecule has 1 aliphatic carbocycles. The highest BCUT2D eigenvalue weighted by Gasteiger charge is 2.41. The summed E-state index contributed by atoms with van der Waals surface area (Å²) in [6.07, 6.45) is 3.19. The molecule has 1 fully saturated rings. The fourth-order valence-corrected chi connectivity index (χ4v) is 2.08. The van der Waals surface area contributed by atoms with Crippen molar-refractivity contribution in [3.8, 4) is 0 Å². The number of rotatable bonds is 3. The van der Waals surface area contributed by atoms with Crippen molar-refractivity contribution < 1.29 is 9.90 Å². The largest absolute Gasteiger partial charge is 0.480 e. The summed E-state index contributed by atoms with van der Waals surface area (Å²) in [5.41, 5.74) is -0.0226. The molecule has 0 unspecified atom stereocenters. The minimum Gasteiger partial charge on any atom is -0.480 e. The van der Waals surface area contributed by atoms with Gasteiger partial charge in [0.25, 0.3) is 0 Å². The summed E-state index contributed by atoms with van der Waals surface area (Å²) in [5.74, 6) is -0.262. The molecule has 0 amide bonds. The summed E-state index contributed by atoms with van der Waals surface area (Å²) in [7, 11) is 0. The maximum atomic E-state index is 11.3. The van der Waals surface area contributed by atoms with Crippen molar-refractivity contribution in [2.45, 2.75) is 38.1 Å². The second kappa shape index (κ2) is 4.08. The SMILES string of the molecule is Cc1ccc(NC2(C(=O)O)CCCC2)nn1. The van der Waals surface area contributed by atoms with Gasteiger partial charge < -0.3 is 10.4 Å². The van der Waals surface area contributed by atoms with Gasteiger partial charge in [-0.1, -0.05) is 12.8 Å². The minimum absolute atomic E-state index is 0.537. The first-order valence-electron chi connectivity index (χ1n) is 5.44. The Balaban J connectivity index is 2.18. The van der Waals surface area contributed by atoms with Crippen molar-refractivity contribution in [1.82, 2.24) is 10.2 Å². The fourth-order valence-electron chi connectivity index (χ4n) is 2.08. The van der Waals surface area contributed by atoms with Crippen LogP contribution >= 0.6 is 0 Å². The fraction of sp³-hybridized carbons (Fsp3) is 0.545. The van der Waals surface area contributed by atoms with Crippen molar-refractivity contribution in [2.24, 2.45) is 0 Å². The zero-order valence-corrected chi connectivity index (χ0v) is 9.23. The van der Waals surface area contributed by atoms with Crippen molar-refractivity contribution in [3.63, 3.8) is 0 Å². The standard InChI is InChI=1S/C11H15N3O2/c1-8-4-5-9(14-13-8)12-11(10(15)16)6-2-3-7-11/h4-5H,2-3,6-7H2,1H3,(H,12,14)(H,15,16). The molecule has 0 bridgehead atoms. The Hall–Kier alpha value is -1.65.